The van der Waals surface area contributed by atoms with E-state index in [1.54, 1.807) is 30.3 Å². The van der Waals surface area contributed by atoms with Gasteiger partial charge in [0.15, 0.2) is 0 Å². The molecule has 0 heterocycles. The Morgan fingerprint density at radius 1 is 1.44 bits per heavy atom. The van der Waals surface area contributed by atoms with Crippen molar-refractivity contribution in [1.29, 1.82) is 0 Å². The Morgan fingerprint density at radius 3 is 2.61 bits per heavy atom. The number of esters is 1. The van der Waals surface area contributed by atoms with Gasteiger partial charge in [-0.25, -0.2) is 4.79 Å². The zero-order chi connectivity index (χ0) is 13.2. The van der Waals surface area contributed by atoms with Crippen LogP contribution in [0.1, 0.15) is 16.8 Å². The number of amides is 1. The summed E-state index contributed by atoms with van der Waals surface area (Å²) in [6.07, 6.45) is 2.21. The molecule has 0 saturated heterocycles. The molecule has 1 fully saturated rings. The number of ether oxygens (including phenoxy) is 1. The first-order valence-electron chi connectivity index (χ1n) is 5.72. The fourth-order valence-corrected chi connectivity index (χ4v) is 2.05. The van der Waals surface area contributed by atoms with Gasteiger partial charge in [0.05, 0.1) is 7.11 Å². The van der Waals surface area contributed by atoms with Gasteiger partial charge in [-0.1, -0.05) is 24.3 Å². The van der Waals surface area contributed by atoms with Gasteiger partial charge in [0.25, 0.3) is 5.91 Å². The van der Waals surface area contributed by atoms with Crippen LogP contribution >= 0.6 is 0 Å². The third-order valence-electron chi connectivity index (χ3n) is 3.22. The molecule has 1 aliphatic rings. The summed E-state index contributed by atoms with van der Waals surface area (Å²) in [4.78, 5) is 23.8. The van der Waals surface area contributed by atoms with Gasteiger partial charge in [-0.2, -0.15) is 0 Å². The summed E-state index contributed by atoms with van der Waals surface area (Å²) in [6, 6.07) is 8.78. The third kappa shape index (κ3) is 2.01. The van der Waals surface area contributed by atoms with E-state index in [0.717, 1.165) is 0 Å². The Kier molecular flexibility index (Phi) is 3.19. The fraction of sp³-hybridized carbons (Fsp3) is 0.286. The van der Waals surface area contributed by atoms with Gasteiger partial charge in [0.2, 0.25) is 0 Å². The van der Waals surface area contributed by atoms with Gasteiger partial charge in [0, 0.05) is 11.5 Å². The van der Waals surface area contributed by atoms with E-state index < -0.39 is 11.5 Å². The lowest BCUT2D eigenvalue weighted by Crippen LogP contribution is -2.45. The van der Waals surface area contributed by atoms with Crippen molar-refractivity contribution >= 4 is 11.9 Å². The van der Waals surface area contributed by atoms with Gasteiger partial charge in [-0.15, -0.1) is 6.58 Å². The molecule has 1 N–H and O–H groups in total. The maximum absolute atomic E-state index is 12.0. The molecule has 1 aromatic rings. The number of hydrogen-bond acceptors (Lipinski definition) is 3. The van der Waals surface area contributed by atoms with Crippen LogP contribution in [0.25, 0.3) is 0 Å². The average Bonchev–Trinajstić information content (AvgIpc) is 3.13. The second kappa shape index (κ2) is 4.64. The third-order valence-corrected chi connectivity index (χ3v) is 3.22. The number of hydrogen-bond donors (Lipinski definition) is 1. The van der Waals surface area contributed by atoms with Crippen molar-refractivity contribution < 1.29 is 14.3 Å². The minimum Gasteiger partial charge on any atom is -0.467 e. The Hall–Kier alpha value is -2.10. The molecule has 1 saturated carbocycles. The summed E-state index contributed by atoms with van der Waals surface area (Å²) in [7, 11) is 1.32. The molecular weight excluding hydrogens is 230 g/mol. The van der Waals surface area contributed by atoms with Crippen LogP contribution in [0, 0.1) is 5.92 Å². The van der Waals surface area contributed by atoms with E-state index in [9.17, 15) is 9.59 Å². The first kappa shape index (κ1) is 12.4. The van der Waals surface area contributed by atoms with Crippen LogP contribution < -0.4 is 5.32 Å². The van der Waals surface area contributed by atoms with Gasteiger partial charge in [-0.3, -0.25) is 4.79 Å². The molecule has 4 heteroatoms. The van der Waals surface area contributed by atoms with Gasteiger partial charge in [-0.05, 0) is 18.6 Å². The van der Waals surface area contributed by atoms with Gasteiger partial charge in [0.1, 0.15) is 5.54 Å². The van der Waals surface area contributed by atoms with Crippen molar-refractivity contribution in [2.75, 3.05) is 7.11 Å². The van der Waals surface area contributed by atoms with Crippen LogP contribution in [-0.4, -0.2) is 24.5 Å². The van der Waals surface area contributed by atoms with Crippen molar-refractivity contribution in [1.82, 2.24) is 5.32 Å². The molecule has 0 radical (unpaired) electrons. The molecule has 0 unspecified atom stereocenters. The number of carbonyl (C=O) groups excluding carboxylic acids is 2. The number of carbonyl (C=O) groups is 2. The standard InChI is InChI=1S/C14H15NO3/c1-3-11-9-14(11,13(17)18-2)15-12(16)10-7-5-4-6-8-10/h3-8,11H,1,9H2,2H3,(H,15,16)/t11-,14+/m0/s1. The highest BCUT2D eigenvalue weighted by Crippen LogP contribution is 2.45. The molecule has 0 aliphatic heterocycles. The molecule has 2 rings (SSSR count). The monoisotopic (exact) mass is 245 g/mol. The summed E-state index contributed by atoms with van der Waals surface area (Å²) >= 11 is 0. The highest BCUT2D eigenvalue weighted by Gasteiger charge is 2.60. The molecule has 2 atom stereocenters. The maximum Gasteiger partial charge on any atom is 0.332 e. The summed E-state index contributed by atoms with van der Waals surface area (Å²) < 4.78 is 4.74. The van der Waals surface area contributed by atoms with E-state index in [4.69, 9.17) is 4.74 Å². The zero-order valence-electron chi connectivity index (χ0n) is 10.2. The molecule has 0 spiro atoms. The van der Waals surface area contributed by atoms with Crippen LogP contribution in [0.3, 0.4) is 0 Å². The predicted octanol–water partition coefficient (Wildman–Crippen LogP) is 1.53. The normalized spacial score (nSPS) is 25.1. The van der Waals surface area contributed by atoms with Crippen LogP contribution in [-0.2, 0) is 9.53 Å². The zero-order valence-corrected chi connectivity index (χ0v) is 10.2. The van der Waals surface area contributed by atoms with E-state index in [1.807, 2.05) is 6.07 Å². The second-order valence-corrected chi connectivity index (χ2v) is 4.33. The predicted molar refractivity (Wildman–Crippen MR) is 67.0 cm³/mol. The summed E-state index contributed by atoms with van der Waals surface area (Å²) in [5, 5.41) is 2.75. The van der Waals surface area contributed by atoms with Crippen LogP contribution in [0.5, 0.6) is 0 Å². The lowest BCUT2D eigenvalue weighted by Gasteiger charge is -2.16. The van der Waals surface area contributed by atoms with Crippen molar-refractivity contribution in [2.45, 2.75) is 12.0 Å². The molecule has 0 aromatic heterocycles. The maximum atomic E-state index is 12.0. The molecule has 0 bridgehead atoms. The average molecular weight is 245 g/mol. The largest absolute Gasteiger partial charge is 0.467 e. The Labute approximate surface area is 106 Å². The first-order valence-corrected chi connectivity index (χ1v) is 5.72. The molecule has 1 aliphatic carbocycles. The van der Waals surface area contributed by atoms with Crippen LogP contribution in [0.4, 0.5) is 0 Å². The van der Waals surface area contributed by atoms with E-state index in [-0.39, 0.29) is 11.8 Å². The Bertz CT molecular complexity index is 483. The summed E-state index contributed by atoms with van der Waals surface area (Å²) in [6.45, 7) is 3.66. The molecule has 1 aromatic carbocycles. The number of nitrogens with one attached hydrogen (secondary N) is 1. The highest BCUT2D eigenvalue weighted by atomic mass is 16.5. The molecule has 1 amide bonds. The summed E-state index contributed by atoms with van der Waals surface area (Å²) in [5.41, 5.74) is -0.404. The fourth-order valence-electron chi connectivity index (χ4n) is 2.05. The van der Waals surface area contributed by atoms with E-state index in [1.165, 1.54) is 7.11 Å². The van der Waals surface area contributed by atoms with Gasteiger partial charge < -0.3 is 10.1 Å². The second-order valence-electron chi connectivity index (χ2n) is 4.33. The lowest BCUT2D eigenvalue weighted by atomic mass is 10.1. The minimum absolute atomic E-state index is 0.0578. The topological polar surface area (TPSA) is 55.4 Å². The lowest BCUT2D eigenvalue weighted by molar-refractivity contribution is -0.144. The van der Waals surface area contributed by atoms with Crippen molar-refractivity contribution in [2.24, 2.45) is 5.92 Å². The van der Waals surface area contributed by atoms with Crippen LogP contribution in [0.2, 0.25) is 0 Å². The first-order chi connectivity index (χ1) is 8.64. The molecule has 94 valence electrons. The van der Waals surface area contributed by atoms with E-state index >= 15 is 0 Å². The van der Waals surface area contributed by atoms with Crippen molar-refractivity contribution in [3.05, 3.63) is 48.6 Å². The summed E-state index contributed by atoms with van der Waals surface area (Å²) in [5.74, 6) is -0.750. The minimum atomic E-state index is -0.927. The Balaban J connectivity index is 2.15. The number of rotatable bonds is 4. The number of benzene rings is 1. The number of methoxy groups -OCH3 is 1. The SMILES string of the molecule is C=C[C@H]1C[C@]1(NC(=O)c1ccccc1)C(=O)OC. The van der Waals surface area contributed by atoms with E-state index in [2.05, 4.69) is 11.9 Å². The highest BCUT2D eigenvalue weighted by molar-refractivity contribution is 5.99. The van der Waals surface area contributed by atoms with Crippen molar-refractivity contribution in [3.8, 4) is 0 Å². The smallest absolute Gasteiger partial charge is 0.332 e. The Morgan fingerprint density at radius 2 is 2.11 bits per heavy atom. The van der Waals surface area contributed by atoms with Crippen LogP contribution in [0.15, 0.2) is 43.0 Å². The molecule has 4 nitrogen and oxygen atoms in total. The quantitative estimate of drug-likeness (QED) is 0.646. The van der Waals surface area contributed by atoms with Gasteiger partial charge >= 0.3 is 5.97 Å². The van der Waals surface area contributed by atoms with E-state index in [0.29, 0.717) is 12.0 Å². The van der Waals surface area contributed by atoms with Crippen molar-refractivity contribution in [3.63, 3.8) is 0 Å². The molecular formula is C14H15NO3. The molecule has 18 heavy (non-hydrogen) atoms.